The predicted molar refractivity (Wildman–Crippen MR) is 67.8 cm³/mol. The molecule has 0 aromatic heterocycles. The number of carboxylic acids is 1. The Morgan fingerprint density at radius 3 is 2.28 bits per heavy atom. The van der Waals surface area contributed by atoms with E-state index in [2.05, 4.69) is 4.90 Å². The van der Waals surface area contributed by atoms with Crippen molar-refractivity contribution in [2.45, 2.75) is 19.3 Å². The van der Waals surface area contributed by atoms with Crippen molar-refractivity contribution in [3.8, 4) is 0 Å². The lowest BCUT2D eigenvalue weighted by atomic mass is 10.1. The third kappa shape index (κ3) is 3.40. The van der Waals surface area contributed by atoms with Crippen molar-refractivity contribution in [2.75, 3.05) is 19.6 Å². The zero-order valence-corrected chi connectivity index (χ0v) is 10.3. The second-order valence-corrected chi connectivity index (χ2v) is 4.70. The van der Waals surface area contributed by atoms with Gasteiger partial charge in [-0.05, 0) is 43.6 Å². The van der Waals surface area contributed by atoms with Crippen molar-refractivity contribution in [1.82, 2.24) is 4.90 Å². The smallest absolute Gasteiger partial charge is 0.335 e. The molecule has 96 valence electrons. The third-order valence-corrected chi connectivity index (χ3v) is 3.20. The van der Waals surface area contributed by atoms with E-state index in [1.807, 2.05) is 0 Å². The van der Waals surface area contributed by atoms with Crippen molar-refractivity contribution in [2.24, 2.45) is 0 Å². The molecule has 0 unspecified atom stereocenters. The summed E-state index contributed by atoms with van der Waals surface area (Å²) in [6, 6.07) is 6.51. The first-order valence-electron chi connectivity index (χ1n) is 6.21. The molecule has 1 aliphatic heterocycles. The van der Waals surface area contributed by atoms with E-state index in [1.165, 1.54) is 12.8 Å². The van der Waals surface area contributed by atoms with E-state index in [0.717, 1.165) is 18.7 Å². The topological polar surface area (TPSA) is 57.6 Å². The van der Waals surface area contributed by atoms with E-state index in [1.54, 1.807) is 24.3 Å². The molecule has 0 spiro atoms. The van der Waals surface area contributed by atoms with Gasteiger partial charge >= 0.3 is 5.97 Å². The zero-order valence-electron chi connectivity index (χ0n) is 10.3. The van der Waals surface area contributed by atoms with Gasteiger partial charge in [-0.25, -0.2) is 4.79 Å². The van der Waals surface area contributed by atoms with Gasteiger partial charge in [0.05, 0.1) is 12.1 Å². The van der Waals surface area contributed by atoms with E-state index < -0.39 is 5.97 Å². The summed E-state index contributed by atoms with van der Waals surface area (Å²) in [5.41, 5.74) is 1.13. The number of ketones is 1. The number of likely N-dealkylation sites (tertiary alicyclic amines) is 1. The van der Waals surface area contributed by atoms with Crippen LogP contribution in [0.3, 0.4) is 0 Å². The molecule has 0 aliphatic carbocycles. The normalized spacial score (nSPS) is 15.8. The van der Waals surface area contributed by atoms with Gasteiger partial charge in [-0.2, -0.15) is 0 Å². The number of hydrogen-bond acceptors (Lipinski definition) is 3. The molecule has 1 fully saturated rings. The van der Waals surface area contributed by atoms with Gasteiger partial charge in [-0.3, -0.25) is 9.69 Å². The van der Waals surface area contributed by atoms with Crippen LogP contribution in [0.15, 0.2) is 24.3 Å². The molecule has 0 radical (unpaired) electrons. The van der Waals surface area contributed by atoms with Crippen LogP contribution in [0.1, 0.15) is 28.8 Å². The fourth-order valence-corrected chi connectivity index (χ4v) is 2.24. The SMILES string of the molecule is O=C(Cc1ccc(C(=O)O)cc1)CN1CCCC1. The Labute approximate surface area is 106 Å². The number of benzene rings is 1. The van der Waals surface area contributed by atoms with Gasteiger partial charge < -0.3 is 5.11 Å². The molecular formula is C14H17NO3. The van der Waals surface area contributed by atoms with E-state index in [0.29, 0.717) is 13.0 Å². The van der Waals surface area contributed by atoms with Crippen LogP contribution in [0, 0.1) is 0 Å². The monoisotopic (exact) mass is 247 g/mol. The van der Waals surface area contributed by atoms with Crippen LogP contribution < -0.4 is 0 Å². The van der Waals surface area contributed by atoms with Gasteiger partial charge in [0.2, 0.25) is 0 Å². The number of hydrogen-bond donors (Lipinski definition) is 1. The fourth-order valence-electron chi connectivity index (χ4n) is 2.24. The minimum Gasteiger partial charge on any atom is -0.478 e. The van der Waals surface area contributed by atoms with E-state index in [9.17, 15) is 9.59 Å². The summed E-state index contributed by atoms with van der Waals surface area (Å²) in [5.74, 6) is -0.745. The van der Waals surface area contributed by atoms with Gasteiger partial charge in [0.25, 0.3) is 0 Å². The summed E-state index contributed by atoms with van der Waals surface area (Å²) in [6.07, 6.45) is 2.75. The molecule has 2 rings (SSSR count). The number of nitrogens with zero attached hydrogens (tertiary/aromatic N) is 1. The Hall–Kier alpha value is -1.68. The van der Waals surface area contributed by atoms with Crippen LogP contribution in [0.2, 0.25) is 0 Å². The molecule has 1 aromatic rings. The first kappa shape index (κ1) is 12.8. The summed E-state index contributed by atoms with van der Waals surface area (Å²) >= 11 is 0. The van der Waals surface area contributed by atoms with Crippen molar-refractivity contribution in [1.29, 1.82) is 0 Å². The second-order valence-electron chi connectivity index (χ2n) is 4.70. The molecule has 1 aromatic carbocycles. The largest absolute Gasteiger partial charge is 0.478 e. The van der Waals surface area contributed by atoms with Crippen molar-refractivity contribution in [3.63, 3.8) is 0 Å². The fraction of sp³-hybridized carbons (Fsp3) is 0.429. The Kier molecular flexibility index (Phi) is 4.10. The Morgan fingerprint density at radius 2 is 1.72 bits per heavy atom. The van der Waals surface area contributed by atoms with E-state index in [-0.39, 0.29) is 11.3 Å². The van der Waals surface area contributed by atoms with Crippen molar-refractivity contribution < 1.29 is 14.7 Å². The standard InChI is InChI=1S/C14H17NO3/c16-13(10-15-7-1-2-8-15)9-11-3-5-12(6-4-11)14(17)18/h3-6H,1-2,7-10H2,(H,17,18). The Morgan fingerprint density at radius 1 is 1.11 bits per heavy atom. The first-order chi connectivity index (χ1) is 8.65. The lowest BCUT2D eigenvalue weighted by molar-refractivity contribution is -0.119. The average Bonchev–Trinajstić information content (AvgIpc) is 2.82. The number of aromatic carboxylic acids is 1. The van der Waals surface area contributed by atoms with Gasteiger partial charge in [0.15, 0.2) is 5.78 Å². The quantitative estimate of drug-likeness (QED) is 0.858. The molecule has 0 saturated carbocycles. The number of carbonyl (C=O) groups excluding carboxylic acids is 1. The molecule has 0 atom stereocenters. The summed E-state index contributed by atoms with van der Waals surface area (Å²) in [7, 11) is 0. The van der Waals surface area contributed by atoms with Crippen LogP contribution in [0.4, 0.5) is 0 Å². The van der Waals surface area contributed by atoms with E-state index >= 15 is 0 Å². The summed E-state index contributed by atoms with van der Waals surface area (Å²) < 4.78 is 0. The maximum Gasteiger partial charge on any atom is 0.335 e. The Bertz CT molecular complexity index is 433. The molecule has 1 saturated heterocycles. The van der Waals surface area contributed by atoms with Crippen LogP contribution >= 0.6 is 0 Å². The summed E-state index contributed by atoms with van der Waals surface area (Å²) in [4.78, 5) is 24.7. The van der Waals surface area contributed by atoms with Crippen molar-refractivity contribution in [3.05, 3.63) is 35.4 Å². The van der Waals surface area contributed by atoms with Crippen LogP contribution in [0.25, 0.3) is 0 Å². The van der Waals surface area contributed by atoms with Crippen LogP contribution in [-0.2, 0) is 11.2 Å². The molecule has 18 heavy (non-hydrogen) atoms. The number of carbonyl (C=O) groups is 2. The molecule has 1 heterocycles. The van der Waals surface area contributed by atoms with Gasteiger partial charge in [0, 0.05) is 6.42 Å². The molecule has 1 aliphatic rings. The first-order valence-corrected chi connectivity index (χ1v) is 6.21. The lowest BCUT2D eigenvalue weighted by Gasteiger charge is -2.13. The predicted octanol–water partition coefficient (Wildman–Crippen LogP) is 1.59. The lowest BCUT2D eigenvalue weighted by Crippen LogP contribution is -2.27. The maximum atomic E-state index is 11.8. The molecule has 4 heteroatoms. The highest BCUT2D eigenvalue weighted by Gasteiger charge is 2.15. The molecule has 4 nitrogen and oxygen atoms in total. The number of Topliss-reactive ketones (excluding diaryl/α,β-unsaturated/α-hetero) is 1. The van der Waals surface area contributed by atoms with E-state index in [4.69, 9.17) is 5.11 Å². The molecule has 0 amide bonds. The van der Waals surface area contributed by atoms with Crippen LogP contribution in [0.5, 0.6) is 0 Å². The molecule has 0 bridgehead atoms. The molecule has 1 N–H and O–H groups in total. The third-order valence-electron chi connectivity index (χ3n) is 3.20. The summed E-state index contributed by atoms with van der Waals surface area (Å²) in [5, 5.41) is 8.77. The molecular weight excluding hydrogens is 230 g/mol. The second kappa shape index (κ2) is 5.78. The van der Waals surface area contributed by atoms with Crippen molar-refractivity contribution >= 4 is 11.8 Å². The minimum atomic E-state index is -0.940. The highest BCUT2D eigenvalue weighted by molar-refractivity contribution is 5.88. The zero-order chi connectivity index (χ0) is 13.0. The van der Waals surface area contributed by atoms with Gasteiger partial charge in [0.1, 0.15) is 0 Å². The Balaban J connectivity index is 1.88. The highest BCUT2D eigenvalue weighted by Crippen LogP contribution is 2.09. The van der Waals surface area contributed by atoms with Gasteiger partial charge in [-0.1, -0.05) is 12.1 Å². The minimum absolute atomic E-state index is 0.194. The number of carboxylic acid groups (broad SMARTS) is 1. The highest BCUT2D eigenvalue weighted by atomic mass is 16.4. The average molecular weight is 247 g/mol. The maximum absolute atomic E-state index is 11.8. The summed E-state index contributed by atoms with van der Waals surface area (Å²) in [6.45, 7) is 2.55. The number of rotatable bonds is 5. The van der Waals surface area contributed by atoms with Gasteiger partial charge in [-0.15, -0.1) is 0 Å². The van der Waals surface area contributed by atoms with Crippen LogP contribution in [-0.4, -0.2) is 41.4 Å².